The van der Waals surface area contributed by atoms with E-state index in [2.05, 4.69) is 5.32 Å². The number of hydrogen-bond acceptors (Lipinski definition) is 1. The van der Waals surface area contributed by atoms with Crippen molar-refractivity contribution >= 4 is 17.5 Å². The second-order valence-electron chi connectivity index (χ2n) is 5.61. The van der Waals surface area contributed by atoms with Gasteiger partial charge in [0.05, 0.1) is 0 Å². The fraction of sp³-hybridized carbons (Fsp3) is 0.923. The summed E-state index contributed by atoms with van der Waals surface area (Å²) in [5.41, 5.74) is -0.273. The standard InChI is InChI=1S/C13H24ClNO/c1-13(2,10-14)15-12(16)9-8-11-6-4-3-5-7-11/h11H,3-10H2,1-2H3,(H,15,16). The lowest BCUT2D eigenvalue weighted by molar-refractivity contribution is -0.122. The van der Waals surface area contributed by atoms with Crippen molar-refractivity contribution < 1.29 is 4.79 Å². The average Bonchev–Trinajstić information content (AvgIpc) is 2.27. The summed E-state index contributed by atoms with van der Waals surface area (Å²) in [6.07, 6.45) is 8.40. The molecule has 1 aliphatic rings. The molecule has 0 radical (unpaired) electrons. The normalized spacial score (nSPS) is 18.4. The average molecular weight is 246 g/mol. The Morgan fingerprint density at radius 3 is 2.50 bits per heavy atom. The van der Waals surface area contributed by atoms with Crippen molar-refractivity contribution in [1.29, 1.82) is 0 Å². The van der Waals surface area contributed by atoms with Gasteiger partial charge in [0.25, 0.3) is 0 Å². The number of alkyl halides is 1. The zero-order valence-corrected chi connectivity index (χ0v) is 11.3. The van der Waals surface area contributed by atoms with Crippen LogP contribution in [0.15, 0.2) is 0 Å². The van der Waals surface area contributed by atoms with E-state index in [1.807, 2.05) is 13.8 Å². The highest BCUT2D eigenvalue weighted by molar-refractivity contribution is 6.18. The predicted octanol–water partition coefficient (Wildman–Crippen LogP) is 3.48. The van der Waals surface area contributed by atoms with E-state index in [0.29, 0.717) is 12.3 Å². The van der Waals surface area contributed by atoms with Gasteiger partial charge in [0.1, 0.15) is 0 Å². The summed E-state index contributed by atoms with van der Waals surface area (Å²) in [7, 11) is 0. The maximum Gasteiger partial charge on any atom is 0.220 e. The van der Waals surface area contributed by atoms with Gasteiger partial charge in [0.2, 0.25) is 5.91 Å². The van der Waals surface area contributed by atoms with Gasteiger partial charge >= 0.3 is 0 Å². The molecule has 3 heteroatoms. The Morgan fingerprint density at radius 2 is 1.94 bits per heavy atom. The van der Waals surface area contributed by atoms with Crippen LogP contribution in [0.25, 0.3) is 0 Å². The molecule has 0 saturated heterocycles. The fourth-order valence-electron chi connectivity index (χ4n) is 2.28. The van der Waals surface area contributed by atoms with Crippen molar-refractivity contribution in [2.24, 2.45) is 5.92 Å². The highest BCUT2D eigenvalue weighted by Crippen LogP contribution is 2.27. The highest BCUT2D eigenvalue weighted by atomic mass is 35.5. The molecule has 0 aromatic rings. The number of rotatable bonds is 5. The number of halogens is 1. The molecular formula is C13H24ClNO. The van der Waals surface area contributed by atoms with E-state index in [0.717, 1.165) is 12.3 Å². The van der Waals surface area contributed by atoms with Crippen molar-refractivity contribution in [3.8, 4) is 0 Å². The van der Waals surface area contributed by atoms with Crippen molar-refractivity contribution in [2.45, 2.75) is 64.3 Å². The van der Waals surface area contributed by atoms with E-state index in [4.69, 9.17) is 11.6 Å². The van der Waals surface area contributed by atoms with Crippen molar-refractivity contribution in [2.75, 3.05) is 5.88 Å². The maximum absolute atomic E-state index is 11.7. The lowest BCUT2D eigenvalue weighted by Crippen LogP contribution is -2.44. The first-order valence-electron chi connectivity index (χ1n) is 6.40. The highest BCUT2D eigenvalue weighted by Gasteiger charge is 2.20. The minimum Gasteiger partial charge on any atom is -0.350 e. The minimum absolute atomic E-state index is 0.149. The third-order valence-electron chi connectivity index (χ3n) is 3.32. The van der Waals surface area contributed by atoms with Crippen LogP contribution in [0.4, 0.5) is 0 Å². The molecular weight excluding hydrogens is 222 g/mol. The third kappa shape index (κ3) is 5.20. The van der Waals surface area contributed by atoms with Crippen LogP contribution in [0.2, 0.25) is 0 Å². The quantitative estimate of drug-likeness (QED) is 0.739. The Kier molecular flexibility index (Phi) is 5.60. The largest absolute Gasteiger partial charge is 0.350 e. The van der Waals surface area contributed by atoms with E-state index in [9.17, 15) is 4.79 Å². The second-order valence-corrected chi connectivity index (χ2v) is 5.88. The number of nitrogens with one attached hydrogen (secondary N) is 1. The number of carbonyl (C=O) groups is 1. The van der Waals surface area contributed by atoms with E-state index < -0.39 is 0 Å². The number of carbonyl (C=O) groups excluding carboxylic acids is 1. The molecule has 0 spiro atoms. The van der Waals surface area contributed by atoms with Crippen LogP contribution in [0, 0.1) is 5.92 Å². The Balaban J connectivity index is 2.19. The summed E-state index contributed by atoms with van der Waals surface area (Å²) in [6, 6.07) is 0. The Hall–Kier alpha value is -0.240. The smallest absolute Gasteiger partial charge is 0.220 e. The van der Waals surface area contributed by atoms with Crippen LogP contribution < -0.4 is 5.32 Å². The van der Waals surface area contributed by atoms with Gasteiger partial charge in [0, 0.05) is 17.8 Å². The van der Waals surface area contributed by atoms with Gasteiger partial charge < -0.3 is 5.32 Å². The van der Waals surface area contributed by atoms with Crippen LogP contribution in [0.5, 0.6) is 0 Å². The molecule has 0 aromatic heterocycles. The summed E-state index contributed by atoms with van der Waals surface area (Å²) >= 11 is 5.77. The monoisotopic (exact) mass is 245 g/mol. The van der Waals surface area contributed by atoms with E-state index in [1.54, 1.807) is 0 Å². The second kappa shape index (κ2) is 6.48. The molecule has 1 fully saturated rings. The van der Waals surface area contributed by atoms with E-state index >= 15 is 0 Å². The van der Waals surface area contributed by atoms with Crippen LogP contribution in [0.1, 0.15) is 58.8 Å². The van der Waals surface area contributed by atoms with Gasteiger partial charge in [-0.3, -0.25) is 4.79 Å². The first-order chi connectivity index (χ1) is 7.53. The minimum atomic E-state index is -0.273. The number of amides is 1. The summed E-state index contributed by atoms with van der Waals surface area (Å²) in [4.78, 5) is 11.7. The molecule has 1 N–H and O–H groups in total. The zero-order chi connectivity index (χ0) is 12.0. The lowest BCUT2D eigenvalue weighted by Gasteiger charge is -2.25. The van der Waals surface area contributed by atoms with Crippen LogP contribution in [0.3, 0.4) is 0 Å². The summed E-state index contributed by atoms with van der Waals surface area (Å²) in [5.74, 6) is 1.39. The molecule has 0 heterocycles. The third-order valence-corrected chi connectivity index (χ3v) is 3.98. The van der Waals surface area contributed by atoms with Gasteiger partial charge in [-0.05, 0) is 26.2 Å². The first kappa shape index (κ1) is 13.8. The van der Waals surface area contributed by atoms with Crippen molar-refractivity contribution in [1.82, 2.24) is 5.32 Å². The van der Waals surface area contributed by atoms with Gasteiger partial charge in [0.15, 0.2) is 0 Å². The first-order valence-corrected chi connectivity index (χ1v) is 6.94. The van der Waals surface area contributed by atoms with Gasteiger partial charge in [-0.1, -0.05) is 32.1 Å². The SMILES string of the molecule is CC(C)(CCl)NC(=O)CCC1CCCCC1. The van der Waals surface area contributed by atoms with E-state index in [1.165, 1.54) is 32.1 Å². The molecule has 94 valence electrons. The molecule has 0 atom stereocenters. The molecule has 1 aliphatic carbocycles. The van der Waals surface area contributed by atoms with Crippen molar-refractivity contribution in [3.63, 3.8) is 0 Å². The molecule has 0 unspecified atom stereocenters. The molecule has 1 rings (SSSR count). The summed E-state index contributed by atoms with van der Waals surface area (Å²) in [5, 5.41) is 2.97. The van der Waals surface area contributed by atoms with Gasteiger partial charge in [-0.2, -0.15) is 0 Å². The topological polar surface area (TPSA) is 29.1 Å². The molecule has 1 saturated carbocycles. The fourth-order valence-corrected chi connectivity index (χ4v) is 2.35. The lowest BCUT2D eigenvalue weighted by atomic mass is 9.86. The van der Waals surface area contributed by atoms with E-state index in [-0.39, 0.29) is 11.4 Å². The molecule has 16 heavy (non-hydrogen) atoms. The summed E-state index contributed by atoms with van der Waals surface area (Å²) < 4.78 is 0. The van der Waals surface area contributed by atoms with Gasteiger partial charge in [-0.25, -0.2) is 0 Å². The zero-order valence-electron chi connectivity index (χ0n) is 10.5. The van der Waals surface area contributed by atoms with Crippen LogP contribution in [-0.4, -0.2) is 17.3 Å². The van der Waals surface area contributed by atoms with Gasteiger partial charge in [-0.15, -0.1) is 11.6 Å². The Bertz CT molecular complexity index is 222. The molecule has 1 amide bonds. The number of hydrogen-bond donors (Lipinski definition) is 1. The maximum atomic E-state index is 11.7. The molecule has 0 aromatic carbocycles. The van der Waals surface area contributed by atoms with Crippen molar-refractivity contribution in [3.05, 3.63) is 0 Å². The predicted molar refractivity (Wildman–Crippen MR) is 68.8 cm³/mol. The Labute approximate surface area is 104 Å². The molecule has 0 aliphatic heterocycles. The van der Waals surface area contributed by atoms with Crippen LogP contribution in [-0.2, 0) is 4.79 Å². The molecule has 2 nitrogen and oxygen atoms in total. The van der Waals surface area contributed by atoms with Crippen LogP contribution >= 0.6 is 11.6 Å². The molecule has 0 bridgehead atoms. The summed E-state index contributed by atoms with van der Waals surface area (Å²) in [6.45, 7) is 3.91. The Morgan fingerprint density at radius 1 is 1.31 bits per heavy atom.